The van der Waals surface area contributed by atoms with Gasteiger partial charge in [-0.05, 0) is 52.6 Å². The molecular formula is C17H25N3O3. The molecule has 0 spiro atoms. The molecule has 2 heterocycles. The minimum absolute atomic E-state index is 0.486. The molecule has 1 aliphatic rings. The summed E-state index contributed by atoms with van der Waals surface area (Å²) >= 11 is 0. The van der Waals surface area contributed by atoms with E-state index in [-0.39, 0.29) is 0 Å². The lowest BCUT2D eigenvalue weighted by Crippen LogP contribution is -2.27. The molecule has 1 aromatic heterocycles. The zero-order chi connectivity index (χ0) is 17.0. The number of nitrogens with zero attached hydrogens (tertiary/aromatic N) is 2. The van der Waals surface area contributed by atoms with Crippen LogP contribution in [0, 0.1) is 0 Å². The Morgan fingerprint density at radius 1 is 1.39 bits per heavy atom. The van der Waals surface area contributed by atoms with Crippen molar-refractivity contribution in [2.45, 2.75) is 32.9 Å². The van der Waals surface area contributed by atoms with Gasteiger partial charge in [0.1, 0.15) is 11.4 Å². The summed E-state index contributed by atoms with van der Waals surface area (Å²) in [6, 6.07) is 3.76. The molecule has 6 nitrogen and oxygen atoms in total. The zero-order valence-corrected chi connectivity index (χ0v) is 14.5. The van der Waals surface area contributed by atoms with Crippen LogP contribution in [0.2, 0.25) is 0 Å². The summed E-state index contributed by atoms with van der Waals surface area (Å²) < 4.78 is 10.7. The Labute approximate surface area is 137 Å². The van der Waals surface area contributed by atoms with Gasteiger partial charge in [0.2, 0.25) is 0 Å². The van der Waals surface area contributed by atoms with Crippen LogP contribution in [0.1, 0.15) is 32.0 Å². The number of rotatable bonds is 4. The quantitative estimate of drug-likeness (QED) is 0.924. The highest BCUT2D eigenvalue weighted by Gasteiger charge is 2.18. The Kier molecular flexibility index (Phi) is 5.38. The van der Waals surface area contributed by atoms with Crippen molar-refractivity contribution < 1.29 is 14.3 Å². The van der Waals surface area contributed by atoms with E-state index in [4.69, 9.17) is 9.47 Å². The third kappa shape index (κ3) is 5.33. The van der Waals surface area contributed by atoms with Gasteiger partial charge in [-0.2, -0.15) is 0 Å². The zero-order valence-electron chi connectivity index (χ0n) is 14.5. The van der Waals surface area contributed by atoms with Gasteiger partial charge >= 0.3 is 6.09 Å². The molecule has 0 aliphatic carbocycles. The molecule has 1 N–H and O–H groups in total. The number of carbonyl (C=O) groups is 1. The summed E-state index contributed by atoms with van der Waals surface area (Å²) in [5.41, 5.74) is 2.56. The molecule has 0 atom stereocenters. The lowest BCUT2D eigenvalue weighted by molar-refractivity contribution is 0.0635. The van der Waals surface area contributed by atoms with Crippen LogP contribution in [-0.2, 0) is 16.0 Å². The van der Waals surface area contributed by atoms with Gasteiger partial charge in [-0.1, -0.05) is 6.08 Å². The second-order valence-corrected chi connectivity index (χ2v) is 6.80. The Hall–Kier alpha value is -1.92. The Bertz CT molecular complexity index is 604. The standard InChI is InChI=1S/C17H25N3O3/c1-17(2,3)23-16(21)19-15-7-6-13(12-8-9-22-11-12)14(18-15)10-20(4)5/h6-8H,9-11H2,1-5H3,(H,18,19,21). The topological polar surface area (TPSA) is 63.7 Å². The Morgan fingerprint density at radius 3 is 2.70 bits per heavy atom. The third-order valence-electron chi connectivity index (χ3n) is 3.12. The number of ether oxygens (including phenoxy) is 2. The van der Waals surface area contributed by atoms with Crippen molar-refractivity contribution in [3.63, 3.8) is 0 Å². The highest BCUT2D eigenvalue weighted by molar-refractivity contribution is 5.84. The summed E-state index contributed by atoms with van der Waals surface area (Å²) in [4.78, 5) is 18.5. The van der Waals surface area contributed by atoms with Gasteiger partial charge in [0.25, 0.3) is 0 Å². The summed E-state index contributed by atoms with van der Waals surface area (Å²) in [6.45, 7) is 7.39. The molecule has 0 fully saturated rings. The van der Waals surface area contributed by atoms with Crippen LogP contribution < -0.4 is 5.32 Å². The number of carbonyl (C=O) groups excluding carboxylic acids is 1. The second-order valence-electron chi connectivity index (χ2n) is 6.80. The van der Waals surface area contributed by atoms with Gasteiger partial charge in [0.15, 0.2) is 0 Å². The minimum atomic E-state index is -0.539. The summed E-state index contributed by atoms with van der Waals surface area (Å²) in [6.07, 6.45) is 1.56. The van der Waals surface area contributed by atoms with Gasteiger partial charge in [-0.25, -0.2) is 9.78 Å². The minimum Gasteiger partial charge on any atom is -0.444 e. The Balaban J connectivity index is 2.20. The summed E-state index contributed by atoms with van der Waals surface area (Å²) in [5, 5.41) is 2.69. The van der Waals surface area contributed by atoms with Crippen LogP contribution in [0.15, 0.2) is 18.2 Å². The van der Waals surface area contributed by atoms with Crippen LogP contribution in [0.3, 0.4) is 0 Å². The van der Waals surface area contributed by atoms with Crippen LogP contribution >= 0.6 is 0 Å². The molecule has 2 rings (SSSR count). The highest BCUT2D eigenvalue weighted by Crippen LogP contribution is 2.24. The van der Waals surface area contributed by atoms with Crippen molar-refractivity contribution in [3.05, 3.63) is 29.5 Å². The van der Waals surface area contributed by atoms with Crippen LogP contribution in [0.5, 0.6) is 0 Å². The third-order valence-corrected chi connectivity index (χ3v) is 3.12. The molecule has 1 aliphatic heterocycles. The predicted molar refractivity (Wildman–Crippen MR) is 90.3 cm³/mol. The first-order chi connectivity index (χ1) is 10.7. The number of hydrogen-bond acceptors (Lipinski definition) is 5. The van der Waals surface area contributed by atoms with Gasteiger partial charge < -0.3 is 14.4 Å². The van der Waals surface area contributed by atoms with E-state index in [1.807, 2.05) is 45.8 Å². The van der Waals surface area contributed by atoms with Crippen molar-refractivity contribution in [2.24, 2.45) is 0 Å². The van der Waals surface area contributed by atoms with E-state index >= 15 is 0 Å². The molecule has 0 bridgehead atoms. The maximum atomic E-state index is 11.9. The molecule has 0 saturated carbocycles. The first-order valence-electron chi connectivity index (χ1n) is 7.66. The SMILES string of the molecule is CN(C)Cc1nc(NC(=O)OC(C)(C)C)ccc1C1=CCOC1. The van der Waals surface area contributed by atoms with Crippen molar-refractivity contribution in [2.75, 3.05) is 32.6 Å². The maximum Gasteiger partial charge on any atom is 0.413 e. The predicted octanol–water partition coefficient (Wildman–Crippen LogP) is 2.90. The number of pyridine rings is 1. The monoisotopic (exact) mass is 319 g/mol. The lowest BCUT2D eigenvalue weighted by Gasteiger charge is -2.20. The molecule has 0 unspecified atom stereocenters. The van der Waals surface area contributed by atoms with E-state index in [1.165, 1.54) is 0 Å². The lowest BCUT2D eigenvalue weighted by atomic mass is 10.0. The second kappa shape index (κ2) is 7.10. The van der Waals surface area contributed by atoms with E-state index in [0.29, 0.717) is 25.6 Å². The van der Waals surface area contributed by atoms with Crippen molar-refractivity contribution >= 4 is 17.5 Å². The fourth-order valence-electron chi connectivity index (χ4n) is 2.27. The molecule has 6 heteroatoms. The number of nitrogens with one attached hydrogen (secondary N) is 1. The molecule has 126 valence electrons. The molecule has 0 aromatic carbocycles. The highest BCUT2D eigenvalue weighted by atomic mass is 16.6. The van der Waals surface area contributed by atoms with E-state index in [1.54, 1.807) is 6.07 Å². The molecule has 1 aromatic rings. The molecule has 1 amide bonds. The molecule has 0 radical (unpaired) electrons. The number of amides is 1. The van der Waals surface area contributed by atoms with Crippen molar-refractivity contribution in [1.29, 1.82) is 0 Å². The first kappa shape index (κ1) is 17.4. The smallest absolute Gasteiger partial charge is 0.413 e. The number of aromatic nitrogens is 1. The van der Waals surface area contributed by atoms with Crippen LogP contribution in [0.25, 0.3) is 5.57 Å². The summed E-state index contributed by atoms with van der Waals surface area (Å²) in [7, 11) is 3.97. The average Bonchev–Trinajstić information content (AvgIpc) is 2.89. The van der Waals surface area contributed by atoms with E-state index < -0.39 is 11.7 Å². The largest absolute Gasteiger partial charge is 0.444 e. The number of hydrogen-bond donors (Lipinski definition) is 1. The normalized spacial score (nSPS) is 14.8. The van der Waals surface area contributed by atoms with E-state index in [0.717, 1.165) is 16.8 Å². The van der Waals surface area contributed by atoms with E-state index in [2.05, 4.69) is 16.4 Å². The molecule has 0 saturated heterocycles. The van der Waals surface area contributed by atoms with Crippen molar-refractivity contribution in [3.8, 4) is 0 Å². The molecular weight excluding hydrogens is 294 g/mol. The fourth-order valence-corrected chi connectivity index (χ4v) is 2.27. The van der Waals surface area contributed by atoms with Crippen molar-refractivity contribution in [1.82, 2.24) is 9.88 Å². The molecule has 23 heavy (non-hydrogen) atoms. The van der Waals surface area contributed by atoms with E-state index in [9.17, 15) is 4.79 Å². The maximum absolute atomic E-state index is 11.9. The van der Waals surface area contributed by atoms with Gasteiger partial charge in [0.05, 0.1) is 18.9 Å². The van der Waals surface area contributed by atoms with Gasteiger partial charge in [-0.15, -0.1) is 0 Å². The number of anilines is 1. The first-order valence-corrected chi connectivity index (χ1v) is 7.66. The van der Waals surface area contributed by atoms with Crippen LogP contribution in [0.4, 0.5) is 10.6 Å². The van der Waals surface area contributed by atoms with Gasteiger partial charge in [-0.3, -0.25) is 5.32 Å². The van der Waals surface area contributed by atoms with Crippen LogP contribution in [-0.4, -0.2) is 48.9 Å². The fraction of sp³-hybridized carbons (Fsp3) is 0.529. The Morgan fingerprint density at radius 2 is 2.13 bits per heavy atom. The summed E-state index contributed by atoms with van der Waals surface area (Å²) in [5.74, 6) is 0.486. The van der Waals surface area contributed by atoms with Gasteiger partial charge in [0, 0.05) is 12.1 Å². The average molecular weight is 319 g/mol.